The van der Waals surface area contributed by atoms with E-state index in [0.717, 1.165) is 17.9 Å². The van der Waals surface area contributed by atoms with Crippen molar-refractivity contribution in [3.05, 3.63) is 198 Å². The molecule has 0 amide bonds. The van der Waals surface area contributed by atoms with E-state index in [4.69, 9.17) is 0 Å². The Kier molecular flexibility index (Phi) is 8.17. The Morgan fingerprint density at radius 1 is 0.319 bits per heavy atom. The van der Waals surface area contributed by atoms with Crippen molar-refractivity contribution in [3.8, 4) is 44.5 Å². The fraction of sp³-hybridized carbons (Fsp3) is 0.0233. The van der Waals surface area contributed by atoms with Gasteiger partial charge >= 0.3 is 0 Å². The summed E-state index contributed by atoms with van der Waals surface area (Å²) < 4.78 is 4.10. The number of fused-ring (bicyclic) bond motifs is 3. The van der Waals surface area contributed by atoms with Crippen LogP contribution in [0.2, 0.25) is 0 Å². The summed E-state index contributed by atoms with van der Waals surface area (Å²) in [6.07, 6.45) is 0. The average molecular weight is 862 g/mol. The largest absolute Gasteiger partial charge is 0.0715 e. The van der Waals surface area contributed by atoms with Gasteiger partial charge in [-0.3, -0.25) is 0 Å². The Morgan fingerprint density at radius 3 is 1.38 bits per heavy atom. The van der Waals surface area contributed by atoms with Gasteiger partial charge in [-0.2, -0.15) is 0 Å². The van der Waals surface area contributed by atoms with Gasteiger partial charge in [-0.1, -0.05) is 173 Å². The van der Waals surface area contributed by atoms with Crippen LogP contribution in [0, 0.1) is 0 Å². The highest BCUT2D eigenvalue weighted by Crippen LogP contribution is 2.60. The van der Waals surface area contributed by atoms with Gasteiger partial charge in [0.15, 0.2) is 0 Å². The summed E-state index contributed by atoms with van der Waals surface area (Å²) in [4.78, 5) is 0. The first-order valence-corrected chi connectivity index (χ1v) is 18.5. The molecule has 0 saturated heterocycles. The van der Waals surface area contributed by atoms with Gasteiger partial charge in [-0.05, 0) is 115 Å². The van der Waals surface area contributed by atoms with Crippen molar-refractivity contribution in [2.75, 3.05) is 0 Å². The summed E-state index contributed by atoms with van der Waals surface area (Å²) in [5, 5.41) is 0. The van der Waals surface area contributed by atoms with E-state index in [1.807, 2.05) is 0 Å². The van der Waals surface area contributed by atoms with Crippen LogP contribution in [0.5, 0.6) is 0 Å². The summed E-state index contributed by atoms with van der Waals surface area (Å²) in [5.41, 5.74) is 14.0. The van der Waals surface area contributed by atoms with Crippen LogP contribution in [0.1, 0.15) is 22.3 Å². The van der Waals surface area contributed by atoms with Crippen LogP contribution in [0.4, 0.5) is 0 Å². The third kappa shape index (κ3) is 5.40. The fourth-order valence-electron chi connectivity index (χ4n) is 7.25. The van der Waals surface area contributed by atoms with Crippen LogP contribution in [-0.4, -0.2) is 0 Å². The Morgan fingerprint density at radius 2 is 0.809 bits per heavy atom. The molecule has 8 rings (SSSR count). The summed E-state index contributed by atoms with van der Waals surface area (Å²) in [6.45, 7) is 0. The molecular formula is C43H26Br4. The highest BCUT2D eigenvalue weighted by molar-refractivity contribution is 9.11. The summed E-state index contributed by atoms with van der Waals surface area (Å²) in [6, 6.07) is 57.4. The zero-order valence-corrected chi connectivity index (χ0v) is 31.4. The van der Waals surface area contributed by atoms with E-state index in [-0.39, 0.29) is 0 Å². The Balaban J connectivity index is 1.50. The van der Waals surface area contributed by atoms with Crippen molar-refractivity contribution >= 4 is 63.7 Å². The van der Waals surface area contributed by atoms with Crippen molar-refractivity contribution in [1.29, 1.82) is 0 Å². The van der Waals surface area contributed by atoms with Gasteiger partial charge in [0.1, 0.15) is 0 Å². The van der Waals surface area contributed by atoms with Gasteiger partial charge in [-0.15, -0.1) is 0 Å². The van der Waals surface area contributed by atoms with E-state index in [1.165, 1.54) is 66.8 Å². The maximum absolute atomic E-state index is 3.85. The van der Waals surface area contributed by atoms with Crippen LogP contribution in [-0.2, 0) is 5.41 Å². The van der Waals surface area contributed by atoms with Crippen LogP contribution < -0.4 is 0 Å². The van der Waals surface area contributed by atoms with Gasteiger partial charge in [0.25, 0.3) is 0 Å². The van der Waals surface area contributed by atoms with E-state index in [2.05, 4.69) is 221 Å². The highest BCUT2D eigenvalue weighted by atomic mass is 79.9. The lowest BCUT2D eigenvalue weighted by molar-refractivity contribution is 0.766. The van der Waals surface area contributed by atoms with Crippen molar-refractivity contribution in [2.24, 2.45) is 0 Å². The molecule has 0 N–H and O–H groups in total. The highest BCUT2D eigenvalue weighted by Gasteiger charge is 2.47. The van der Waals surface area contributed by atoms with Crippen molar-refractivity contribution in [1.82, 2.24) is 0 Å². The van der Waals surface area contributed by atoms with Crippen LogP contribution in [0.25, 0.3) is 44.5 Å². The fourth-order valence-corrected chi connectivity index (χ4v) is 9.84. The molecule has 4 heteroatoms. The molecule has 1 aliphatic carbocycles. The van der Waals surface area contributed by atoms with Crippen molar-refractivity contribution in [2.45, 2.75) is 5.41 Å². The number of hydrogen-bond donors (Lipinski definition) is 0. The molecule has 47 heavy (non-hydrogen) atoms. The first kappa shape index (κ1) is 30.8. The lowest BCUT2D eigenvalue weighted by atomic mass is 9.67. The lowest BCUT2D eigenvalue weighted by Crippen LogP contribution is -2.29. The number of benzene rings is 7. The molecule has 0 radical (unpaired) electrons. The SMILES string of the molecule is Brc1cc(Br)cc(C2(c3cc(Br)cc(Br)c3)c3cc(-c4ccccc4)ccc3-c3c(-c4cccc(-c5ccccc5)c4)cccc32)c1. The van der Waals surface area contributed by atoms with E-state index in [1.54, 1.807) is 0 Å². The van der Waals surface area contributed by atoms with Gasteiger partial charge < -0.3 is 0 Å². The van der Waals surface area contributed by atoms with E-state index in [0.29, 0.717) is 0 Å². The zero-order valence-electron chi connectivity index (χ0n) is 25.0. The average Bonchev–Trinajstić information content (AvgIpc) is 3.39. The molecule has 7 aromatic carbocycles. The second-order valence-electron chi connectivity index (χ2n) is 11.9. The quantitative estimate of drug-likeness (QED) is 0.162. The lowest BCUT2D eigenvalue weighted by Gasteiger charge is -2.35. The summed E-state index contributed by atoms with van der Waals surface area (Å²) in [7, 11) is 0. The Bertz CT molecular complexity index is 2200. The molecule has 1 aliphatic rings. The monoisotopic (exact) mass is 858 g/mol. The molecule has 0 fully saturated rings. The number of rotatable bonds is 5. The van der Waals surface area contributed by atoms with Gasteiger partial charge in [-0.25, -0.2) is 0 Å². The molecular weight excluding hydrogens is 836 g/mol. The van der Waals surface area contributed by atoms with E-state index < -0.39 is 5.41 Å². The smallest absolute Gasteiger partial charge is 0.0622 e. The maximum atomic E-state index is 3.85. The predicted molar refractivity (Wildman–Crippen MR) is 211 cm³/mol. The summed E-state index contributed by atoms with van der Waals surface area (Å²) in [5.74, 6) is 0. The third-order valence-corrected chi connectivity index (χ3v) is 11.0. The van der Waals surface area contributed by atoms with Crippen LogP contribution in [0.15, 0.2) is 176 Å². The van der Waals surface area contributed by atoms with Gasteiger partial charge in [0.2, 0.25) is 0 Å². The zero-order chi connectivity index (χ0) is 32.1. The number of hydrogen-bond acceptors (Lipinski definition) is 0. The molecule has 0 unspecified atom stereocenters. The second-order valence-corrected chi connectivity index (χ2v) is 15.5. The van der Waals surface area contributed by atoms with E-state index in [9.17, 15) is 0 Å². The minimum absolute atomic E-state index is 0.610. The molecule has 0 saturated carbocycles. The standard InChI is InChI=1S/C43H26Br4/c44-34-21-32(22-35(45)25-34)43(33-23-36(46)26-37(47)24-33)40-16-8-15-38(31-14-7-13-29(19-31)27-9-3-1-4-10-27)42(40)39-18-17-30(20-41(39)43)28-11-5-2-6-12-28/h1-26H. The molecule has 0 spiro atoms. The first-order chi connectivity index (χ1) is 22.9. The van der Waals surface area contributed by atoms with Crippen LogP contribution in [0.3, 0.4) is 0 Å². The van der Waals surface area contributed by atoms with Gasteiger partial charge in [0, 0.05) is 17.9 Å². The second kappa shape index (κ2) is 12.5. The van der Waals surface area contributed by atoms with Crippen molar-refractivity contribution in [3.63, 3.8) is 0 Å². The molecule has 0 aromatic heterocycles. The molecule has 0 atom stereocenters. The topological polar surface area (TPSA) is 0 Å². The molecule has 226 valence electrons. The first-order valence-electron chi connectivity index (χ1n) is 15.3. The molecule has 0 bridgehead atoms. The normalized spacial score (nSPS) is 12.9. The van der Waals surface area contributed by atoms with Crippen LogP contribution >= 0.6 is 63.7 Å². The Labute approximate surface area is 309 Å². The summed E-state index contributed by atoms with van der Waals surface area (Å²) >= 11 is 15.4. The molecule has 7 aromatic rings. The minimum Gasteiger partial charge on any atom is -0.0622 e. The van der Waals surface area contributed by atoms with Gasteiger partial charge in [0.05, 0.1) is 5.41 Å². The van der Waals surface area contributed by atoms with E-state index >= 15 is 0 Å². The molecule has 0 aliphatic heterocycles. The predicted octanol–water partition coefficient (Wildman–Crippen LogP) is 14.1. The molecule has 0 nitrogen and oxygen atoms in total. The maximum Gasteiger partial charge on any atom is 0.0715 e. The Hall–Kier alpha value is -3.54. The minimum atomic E-state index is -0.610. The van der Waals surface area contributed by atoms with Crippen molar-refractivity contribution < 1.29 is 0 Å². The third-order valence-electron chi connectivity index (χ3n) is 9.14. The number of halogens is 4. The molecule has 0 heterocycles.